The number of nitro groups is 1. The van der Waals surface area contributed by atoms with Crippen LogP contribution in [0.2, 0.25) is 0 Å². The molecule has 9 nitrogen and oxygen atoms in total. The molecule has 0 aliphatic heterocycles. The second-order valence-electron chi connectivity index (χ2n) is 8.24. The molecule has 2 aromatic carbocycles. The first-order valence-electron chi connectivity index (χ1n) is 10.7. The van der Waals surface area contributed by atoms with Crippen LogP contribution in [-0.4, -0.2) is 40.9 Å². The molecule has 0 heterocycles. The van der Waals surface area contributed by atoms with Crippen molar-refractivity contribution in [2.24, 2.45) is 5.92 Å². The summed E-state index contributed by atoms with van der Waals surface area (Å²) in [5, 5.41) is 16.3. The molecular weight excluding hydrogens is 426 g/mol. The van der Waals surface area contributed by atoms with Gasteiger partial charge < -0.3 is 15.4 Å². The second-order valence-corrected chi connectivity index (χ2v) is 8.24. The predicted molar refractivity (Wildman–Crippen MR) is 122 cm³/mol. The Labute approximate surface area is 192 Å². The van der Waals surface area contributed by atoms with Crippen molar-refractivity contribution >= 4 is 23.5 Å². The van der Waals surface area contributed by atoms with Gasteiger partial charge in [-0.05, 0) is 31.4 Å². The monoisotopic (exact) mass is 455 g/mol. The number of carbonyl (C=O) groups is 3. The van der Waals surface area contributed by atoms with Crippen molar-refractivity contribution < 1.29 is 24.0 Å². The summed E-state index contributed by atoms with van der Waals surface area (Å²) in [4.78, 5) is 48.8. The molecule has 176 valence electrons. The standard InChI is InChI=1S/C24H29N3O6/c1-15(2)21(26-22(28)18-11-8-12-19(14-18)27(31)32)23(29)25-20(24(30)33-16(3)4)13-17-9-6-5-7-10-17/h5-12,14-16,20-21H,13H2,1-4H3,(H,25,29)(H,26,28)/t20-,21-/m0/s1. The number of non-ortho nitro benzene ring substituents is 1. The lowest BCUT2D eigenvalue weighted by Crippen LogP contribution is -2.54. The first kappa shape index (κ1) is 25.5. The van der Waals surface area contributed by atoms with Gasteiger partial charge in [-0.15, -0.1) is 0 Å². The summed E-state index contributed by atoms with van der Waals surface area (Å²) in [5.41, 5.74) is 0.667. The molecule has 2 rings (SSSR count). The quantitative estimate of drug-likeness (QED) is 0.322. The highest BCUT2D eigenvalue weighted by molar-refractivity contribution is 5.98. The van der Waals surface area contributed by atoms with Crippen molar-refractivity contribution in [1.82, 2.24) is 10.6 Å². The molecule has 33 heavy (non-hydrogen) atoms. The number of amides is 2. The third-order valence-electron chi connectivity index (χ3n) is 4.79. The van der Waals surface area contributed by atoms with E-state index in [1.807, 2.05) is 30.3 Å². The van der Waals surface area contributed by atoms with Crippen LogP contribution in [0.5, 0.6) is 0 Å². The number of hydrogen-bond donors (Lipinski definition) is 2. The average molecular weight is 456 g/mol. The lowest BCUT2D eigenvalue weighted by molar-refractivity contribution is -0.384. The van der Waals surface area contributed by atoms with Crippen LogP contribution >= 0.6 is 0 Å². The van der Waals surface area contributed by atoms with Crippen LogP contribution in [-0.2, 0) is 20.7 Å². The van der Waals surface area contributed by atoms with Crippen molar-refractivity contribution in [2.75, 3.05) is 0 Å². The summed E-state index contributed by atoms with van der Waals surface area (Å²) in [5.74, 6) is -2.07. The zero-order chi connectivity index (χ0) is 24.5. The van der Waals surface area contributed by atoms with Crippen molar-refractivity contribution in [2.45, 2.75) is 52.3 Å². The molecule has 2 N–H and O–H groups in total. The van der Waals surface area contributed by atoms with Crippen LogP contribution in [0, 0.1) is 16.0 Å². The van der Waals surface area contributed by atoms with Gasteiger partial charge in [0.1, 0.15) is 12.1 Å². The summed E-state index contributed by atoms with van der Waals surface area (Å²) in [6.07, 6.45) is -0.135. The van der Waals surface area contributed by atoms with Gasteiger partial charge in [0.2, 0.25) is 5.91 Å². The minimum absolute atomic E-state index is 0.0581. The van der Waals surface area contributed by atoms with Gasteiger partial charge in [0.25, 0.3) is 11.6 Å². The van der Waals surface area contributed by atoms with Gasteiger partial charge in [-0.25, -0.2) is 4.79 Å². The molecule has 0 radical (unpaired) electrons. The van der Waals surface area contributed by atoms with Crippen LogP contribution in [0.3, 0.4) is 0 Å². The maximum absolute atomic E-state index is 13.1. The smallest absolute Gasteiger partial charge is 0.329 e. The zero-order valence-electron chi connectivity index (χ0n) is 19.1. The molecule has 0 spiro atoms. The molecule has 0 aliphatic rings. The number of nitrogens with zero attached hydrogens (tertiary/aromatic N) is 1. The molecule has 0 saturated carbocycles. The van der Waals surface area contributed by atoms with Crippen molar-refractivity contribution in [3.05, 3.63) is 75.8 Å². The van der Waals surface area contributed by atoms with E-state index < -0.39 is 34.8 Å². The van der Waals surface area contributed by atoms with Gasteiger partial charge in [0, 0.05) is 24.1 Å². The maximum atomic E-state index is 13.1. The van der Waals surface area contributed by atoms with E-state index >= 15 is 0 Å². The molecule has 2 amide bonds. The number of carbonyl (C=O) groups excluding carboxylic acids is 3. The summed E-state index contributed by atoms with van der Waals surface area (Å²) < 4.78 is 5.31. The second kappa shape index (κ2) is 11.8. The predicted octanol–water partition coefficient (Wildman–Crippen LogP) is 3.03. The Bertz CT molecular complexity index is 991. The van der Waals surface area contributed by atoms with Crippen molar-refractivity contribution in [1.29, 1.82) is 0 Å². The Kier molecular flexibility index (Phi) is 9.08. The van der Waals surface area contributed by atoms with Crippen LogP contribution in [0.25, 0.3) is 0 Å². The Morgan fingerprint density at radius 1 is 0.970 bits per heavy atom. The number of esters is 1. The molecule has 0 aromatic heterocycles. The lowest BCUT2D eigenvalue weighted by Gasteiger charge is -2.25. The highest BCUT2D eigenvalue weighted by atomic mass is 16.6. The van der Waals surface area contributed by atoms with Crippen LogP contribution in [0.15, 0.2) is 54.6 Å². The highest BCUT2D eigenvalue weighted by Crippen LogP contribution is 2.14. The van der Waals surface area contributed by atoms with Crippen molar-refractivity contribution in [3.63, 3.8) is 0 Å². The number of rotatable bonds is 10. The Hall–Kier alpha value is -3.75. The van der Waals surface area contributed by atoms with E-state index in [0.717, 1.165) is 11.6 Å². The number of nitrogens with one attached hydrogen (secondary N) is 2. The fraction of sp³-hybridized carbons (Fsp3) is 0.375. The Morgan fingerprint density at radius 3 is 2.21 bits per heavy atom. The van der Waals surface area contributed by atoms with E-state index in [2.05, 4.69) is 10.6 Å². The zero-order valence-corrected chi connectivity index (χ0v) is 19.1. The molecule has 0 aliphatic carbocycles. The van der Waals surface area contributed by atoms with Gasteiger partial charge in [-0.3, -0.25) is 19.7 Å². The average Bonchev–Trinajstić information content (AvgIpc) is 2.76. The Morgan fingerprint density at radius 2 is 1.64 bits per heavy atom. The van der Waals surface area contributed by atoms with E-state index in [1.165, 1.54) is 18.2 Å². The van der Waals surface area contributed by atoms with Crippen LogP contribution in [0.4, 0.5) is 5.69 Å². The number of hydrogen-bond acceptors (Lipinski definition) is 6. The molecular formula is C24H29N3O6. The number of ether oxygens (including phenoxy) is 1. The number of benzene rings is 2. The van der Waals surface area contributed by atoms with E-state index in [-0.39, 0.29) is 29.7 Å². The van der Waals surface area contributed by atoms with Gasteiger partial charge >= 0.3 is 5.97 Å². The van der Waals surface area contributed by atoms with Crippen LogP contribution < -0.4 is 10.6 Å². The van der Waals surface area contributed by atoms with Crippen molar-refractivity contribution in [3.8, 4) is 0 Å². The molecule has 0 saturated heterocycles. The molecule has 0 bridgehead atoms. The van der Waals surface area contributed by atoms with Gasteiger partial charge in [-0.2, -0.15) is 0 Å². The summed E-state index contributed by atoms with van der Waals surface area (Å²) in [7, 11) is 0. The fourth-order valence-corrected chi connectivity index (χ4v) is 3.14. The lowest BCUT2D eigenvalue weighted by atomic mass is 10.0. The van der Waals surface area contributed by atoms with Gasteiger partial charge in [0.05, 0.1) is 11.0 Å². The highest BCUT2D eigenvalue weighted by Gasteiger charge is 2.30. The minimum atomic E-state index is -0.970. The fourth-order valence-electron chi connectivity index (χ4n) is 3.14. The normalized spacial score (nSPS) is 12.7. The Balaban J connectivity index is 2.19. The van der Waals surface area contributed by atoms with E-state index in [1.54, 1.807) is 27.7 Å². The summed E-state index contributed by atoms with van der Waals surface area (Å²) in [6.45, 7) is 6.93. The van der Waals surface area contributed by atoms with Gasteiger partial charge in [0.15, 0.2) is 0 Å². The third-order valence-corrected chi connectivity index (χ3v) is 4.79. The maximum Gasteiger partial charge on any atom is 0.329 e. The van der Waals surface area contributed by atoms with E-state index in [4.69, 9.17) is 4.74 Å². The molecule has 9 heteroatoms. The molecule has 0 unspecified atom stereocenters. The van der Waals surface area contributed by atoms with E-state index in [0.29, 0.717) is 0 Å². The third kappa shape index (κ3) is 7.71. The molecule has 2 atom stereocenters. The molecule has 2 aromatic rings. The molecule has 0 fully saturated rings. The topological polar surface area (TPSA) is 128 Å². The van der Waals surface area contributed by atoms with Crippen LogP contribution in [0.1, 0.15) is 43.6 Å². The summed E-state index contributed by atoms with van der Waals surface area (Å²) in [6, 6.07) is 12.5. The largest absolute Gasteiger partial charge is 0.461 e. The summed E-state index contributed by atoms with van der Waals surface area (Å²) >= 11 is 0. The van der Waals surface area contributed by atoms with E-state index in [9.17, 15) is 24.5 Å². The minimum Gasteiger partial charge on any atom is -0.461 e. The van der Waals surface area contributed by atoms with Gasteiger partial charge in [-0.1, -0.05) is 50.2 Å². The SMILES string of the molecule is CC(C)OC(=O)[C@H](Cc1ccccc1)NC(=O)[C@@H](NC(=O)c1cccc([N+](=O)[O-])c1)C(C)C. The first-order valence-corrected chi connectivity index (χ1v) is 10.7. The number of nitro benzene ring substituents is 1. The first-order chi connectivity index (χ1) is 15.6.